The van der Waals surface area contributed by atoms with E-state index in [-0.39, 0.29) is 0 Å². The molecule has 2 nitrogen and oxygen atoms in total. The quantitative estimate of drug-likeness (QED) is 0.151. The van der Waals surface area contributed by atoms with Gasteiger partial charge in [0, 0.05) is 11.1 Å². The molecule has 0 fully saturated rings. The van der Waals surface area contributed by atoms with Gasteiger partial charge in [0.15, 0.2) is 10.8 Å². The maximum absolute atomic E-state index is 16.6. The first kappa shape index (κ1) is 31.8. The van der Waals surface area contributed by atoms with Crippen LogP contribution in [0.5, 0.6) is 0 Å². The van der Waals surface area contributed by atoms with Crippen LogP contribution in [-0.4, -0.2) is 0 Å². The van der Waals surface area contributed by atoms with Gasteiger partial charge < -0.3 is 9.46 Å². The van der Waals surface area contributed by atoms with E-state index in [4.69, 9.17) is 0 Å². The summed E-state index contributed by atoms with van der Waals surface area (Å²) in [5, 5.41) is 4.82. The molecule has 5 heteroatoms. The Balaban J connectivity index is 1.54. The molecule has 2 atom stereocenters. The molecule has 0 bridgehead atoms. The van der Waals surface area contributed by atoms with E-state index < -0.39 is 32.7 Å². The zero-order valence-corrected chi connectivity index (χ0v) is 29.6. The molecule has 0 saturated heterocycles. The van der Waals surface area contributed by atoms with Crippen molar-refractivity contribution in [2.75, 3.05) is 0 Å². The van der Waals surface area contributed by atoms with Crippen molar-refractivity contribution in [3.63, 3.8) is 0 Å². The van der Waals surface area contributed by atoms with Crippen molar-refractivity contribution < 1.29 is 9.46 Å². The van der Waals surface area contributed by atoms with Gasteiger partial charge in [0.1, 0.15) is 53.7 Å². The largest absolute Gasteiger partial charge is 0.793 e. The molecule has 0 amide bonds. The number of hydrogen-bond donors (Lipinski definition) is 0. The van der Waals surface area contributed by atoms with Gasteiger partial charge in [0.25, 0.3) is 0 Å². The molecule has 8 rings (SSSR count). The summed E-state index contributed by atoms with van der Waals surface area (Å²) in [5.74, 6) is 0. The van der Waals surface area contributed by atoms with Crippen molar-refractivity contribution >= 4 is 53.7 Å². The number of rotatable bonds is 8. The Morgan fingerprint density at radius 1 is 0.327 bits per heavy atom. The average Bonchev–Trinajstić information content (AvgIpc) is 3.42. The number of hydrogen-bond acceptors (Lipinski definition) is 2. The molecular formula is C44H36O2P3+. The summed E-state index contributed by atoms with van der Waals surface area (Å²) in [6.07, 6.45) is 0. The molecule has 7 aromatic rings. The van der Waals surface area contributed by atoms with Crippen LogP contribution in [0.25, 0.3) is 0 Å². The Labute approximate surface area is 290 Å². The molecule has 0 saturated carbocycles. The average molecular weight is 690 g/mol. The summed E-state index contributed by atoms with van der Waals surface area (Å²) in [5.41, 5.74) is 1.84. The van der Waals surface area contributed by atoms with E-state index in [2.05, 4.69) is 158 Å². The minimum absolute atomic E-state index is 0.774. The molecule has 2 unspecified atom stereocenters. The first-order chi connectivity index (χ1) is 24.1. The zero-order valence-electron chi connectivity index (χ0n) is 26.9. The van der Waals surface area contributed by atoms with Crippen LogP contribution in [0.1, 0.15) is 21.9 Å². The topological polar surface area (TPSA) is 40.1 Å². The molecule has 0 aliphatic carbocycles. The van der Waals surface area contributed by atoms with Gasteiger partial charge in [-0.05, 0) is 72.8 Å². The van der Waals surface area contributed by atoms with E-state index >= 15 is 9.46 Å². The molecule has 0 spiro atoms. The maximum Gasteiger partial charge on any atom is 0.152 e. The molecular weight excluding hydrogens is 653 g/mol. The van der Waals surface area contributed by atoms with E-state index in [1.54, 1.807) is 0 Å². The SMILES string of the molecule is O=P1([O-])C([P+](c2ccccc2)(c2ccccc2)c2ccccc2)c2ccccc2C1[P+](c1ccccc1)(c1ccccc1)c1ccccc1. The van der Waals surface area contributed by atoms with Crippen molar-refractivity contribution in [2.24, 2.45) is 0 Å². The third kappa shape index (κ3) is 5.02. The molecule has 0 aromatic heterocycles. The fourth-order valence-corrected chi connectivity index (χ4v) is 25.7. The Hall–Kier alpha value is -4.41. The molecule has 238 valence electrons. The smallest absolute Gasteiger partial charge is 0.152 e. The van der Waals surface area contributed by atoms with E-state index in [0.29, 0.717) is 0 Å². The van der Waals surface area contributed by atoms with Crippen molar-refractivity contribution in [3.8, 4) is 0 Å². The Morgan fingerprint density at radius 3 is 0.714 bits per heavy atom. The van der Waals surface area contributed by atoms with Gasteiger partial charge >= 0.3 is 0 Å². The van der Waals surface area contributed by atoms with Gasteiger partial charge in [0.2, 0.25) is 0 Å². The van der Waals surface area contributed by atoms with Crippen LogP contribution in [-0.2, 0) is 4.57 Å². The third-order valence-electron chi connectivity index (χ3n) is 9.95. The van der Waals surface area contributed by atoms with E-state index in [1.165, 1.54) is 0 Å². The molecule has 0 N–H and O–H groups in total. The van der Waals surface area contributed by atoms with Crippen molar-refractivity contribution in [2.45, 2.75) is 10.8 Å². The standard InChI is InChI=1S/C44H36O2P3/c45-49(46)43(47(35-21-7-1-8-22-35,36-23-9-2-10-24-36)37-25-11-3-12-26-37)41-33-19-20-34-42(41)44(49)48(38-27-13-4-14-28-38,39-29-15-5-16-30-39)40-31-17-6-18-32-40/h1-34,43-44H/q+1. The third-order valence-corrected chi connectivity index (χ3v) is 24.6. The zero-order chi connectivity index (χ0) is 33.3. The van der Waals surface area contributed by atoms with Crippen LogP contribution < -0.4 is 36.7 Å². The van der Waals surface area contributed by atoms with Crippen LogP contribution in [0, 0.1) is 0 Å². The second-order valence-electron chi connectivity index (χ2n) is 12.5. The Morgan fingerprint density at radius 2 is 0.510 bits per heavy atom. The number of benzene rings is 7. The van der Waals surface area contributed by atoms with Crippen LogP contribution in [0.2, 0.25) is 0 Å². The molecule has 1 aliphatic rings. The maximum atomic E-state index is 16.6. The molecule has 49 heavy (non-hydrogen) atoms. The summed E-state index contributed by atoms with van der Waals surface area (Å²) in [7, 11) is -10.2. The monoisotopic (exact) mass is 689 g/mol. The predicted octanol–water partition coefficient (Wildman–Crippen LogP) is 8.32. The minimum Gasteiger partial charge on any atom is -0.793 e. The van der Waals surface area contributed by atoms with Gasteiger partial charge in [0.05, 0.1) is 0 Å². The van der Waals surface area contributed by atoms with Crippen molar-refractivity contribution in [1.82, 2.24) is 0 Å². The fourth-order valence-electron chi connectivity index (χ4n) is 8.12. The van der Waals surface area contributed by atoms with Gasteiger partial charge in [-0.3, -0.25) is 0 Å². The second-order valence-corrected chi connectivity index (χ2v) is 22.6. The molecule has 7 aromatic carbocycles. The lowest BCUT2D eigenvalue weighted by molar-refractivity contribution is -0.176. The highest BCUT2D eigenvalue weighted by molar-refractivity contribution is 8.06. The molecule has 1 heterocycles. The number of fused-ring (bicyclic) bond motifs is 1. The summed E-state index contributed by atoms with van der Waals surface area (Å²) in [6, 6.07) is 70.8. The van der Waals surface area contributed by atoms with E-state index in [1.807, 2.05) is 48.5 Å². The van der Waals surface area contributed by atoms with Crippen molar-refractivity contribution in [3.05, 3.63) is 217 Å². The van der Waals surface area contributed by atoms with Crippen LogP contribution in [0.15, 0.2) is 206 Å². The van der Waals surface area contributed by atoms with Crippen LogP contribution in [0.3, 0.4) is 0 Å². The minimum atomic E-state index is -4.43. The normalized spacial score (nSPS) is 18.9. The highest BCUT2D eigenvalue weighted by atomic mass is 31.3. The second kappa shape index (κ2) is 13.1. The first-order valence-corrected chi connectivity index (χ1v) is 22.1. The van der Waals surface area contributed by atoms with Gasteiger partial charge in [-0.2, -0.15) is 0 Å². The highest BCUT2D eigenvalue weighted by Gasteiger charge is 2.69. The van der Waals surface area contributed by atoms with E-state index in [9.17, 15) is 0 Å². The summed E-state index contributed by atoms with van der Waals surface area (Å²) < 4.78 is 16.6. The lowest BCUT2D eigenvalue weighted by atomic mass is 10.1. The van der Waals surface area contributed by atoms with Crippen LogP contribution in [0.4, 0.5) is 0 Å². The van der Waals surface area contributed by atoms with Gasteiger partial charge in [-0.1, -0.05) is 133 Å². The lowest BCUT2D eigenvalue weighted by Crippen LogP contribution is -2.38. The van der Waals surface area contributed by atoms with E-state index in [0.717, 1.165) is 43.0 Å². The first-order valence-electron chi connectivity index (χ1n) is 16.6. The van der Waals surface area contributed by atoms with Gasteiger partial charge in [-0.15, -0.1) is 0 Å². The highest BCUT2D eigenvalue weighted by Crippen LogP contribution is 2.93. The van der Waals surface area contributed by atoms with Crippen molar-refractivity contribution in [1.29, 1.82) is 0 Å². The molecule has 1 aliphatic heterocycles. The Kier molecular flexibility index (Phi) is 8.53. The fraction of sp³-hybridized carbons (Fsp3) is 0.0455. The molecule has 0 radical (unpaired) electrons. The summed E-state index contributed by atoms with van der Waals surface area (Å²) >= 11 is 0. The Bertz CT molecular complexity index is 1860. The summed E-state index contributed by atoms with van der Waals surface area (Å²) in [4.78, 5) is 16.6. The predicted molar refractivity (Wildman–Crippen MR) is 210 cm³/mol. The summed E-state index contributed by atoms with van der Waals surface area (Å²) in [6.45, 7) is 0. The van der Waals surface area contributed by atoms with Crippen LogP contribution >= 0.6 is 21.9 Å². The lowest BCUT2D eigenvalue weighted by Gasteiger charge is -2.42. The van der Waals surface area contributed by atoms with Gasteiger partial charge in [-0.25, -0.2) is 0 Å².